The zero-order chi connectivity index (χ0) is 21.1. The molecule has 1 saturated heterocycles. The number of carbonyl (C=O) groups excluding carboxylic acids is 1. The predicted molar refractivity (Wildman–Crippen MR) is 116 cm³/mol. The quantitative estimate of drug-likeness (QED) is 0.456. The molecule has 1 aliphatic heterocycles. The first kappa shape index (κ1) is 20.8. The number of hydrogen-bond acceptors (Lipinski definition) is 4. The van der Waals surface area contributed by atoms with Crippen LogP contribution in [0.3, 0.4) is 0 Å². The fraction of sp³-hybridized carbons (Fsp3) is 0.808. The normalized spacial score (nSPS) is 46.5. The van der Waals surface area contributed by atoms with Crippen molar-refractivity contribution >= 4 is 5.97 Å². The summed E-state index contributed by atoms with van der Waals surface area (Å²) < 4.78 is 18.1. The summed E-state index contributed by atoms with van der Waals surface area (Å²) in [6.45, 7) is 12.0. The summed E-state index contributed by atoms with van der Waals surface area (Å²) in [5.74, 6) is 1.99. The van der Waals surface area contributed by atoms with E-state index < -0.39 is 0 Å². The molecule has 5 rings (SSSR count). The van der Waals surface area contributed by atoms with Gasteiger partial charge in [-0.25, -0.2) is 0 Å². The molecule has 1 spiro atoms. The van der Waals surface area contributed by atoms with Crippen molar-refractivity contribution in [1.82, 2.24) is 0 Å². The first-order chi connectivity index (χ1) is 14.3. The van der Waals surface area contributed by atoms with Gasteiger partial charge in [-0.15, -0.1) is 6.58 Å². The van der Waals surface area contributed by atoms with E-state index in [-0.39, 0.29) is 28.7 Å². The molecule has 3 saturated carbocycles. The van der Waals surface area contributed by atoms with E-state index in [1.807, 2.05) is 0 Å². The molecular weight excluding hydrogens is 376 g/mol. The Kier molecular flexibility index (Phi) is 4.98. The van der Waals surface area contributed by atoms with Crippen molar-refractivity contribution in [2.45, 2.75) is 84.0 Å². The summed E-state index contributed by atoms with van der Waals surface area (Å²) in [5.41, 5.74) is 1.92. The van der Waals surface area contributed by atoms with Gasteiger partial charge < -0.3 is 14.2 Å². The lowest BCUT2D eigenvalue weighted by atomic mass is 9.45. The number of fused-ring (bicyclic) bond motifs is 5. The Morgan fingerprint density at radius 1 is 1.17 bits per heavy atom. The van der Waals surface area contributed by atoms with Gasteiger partial charge in [0, 0.05) is 25.2 Å². The highest BCUT2D eigenvalue weighted by Gasteiger charge is 2.62. The van der Waals surface area contributed by atoms with Crippen LogP contribution in [0.2, 0.25) is 0 Å². The highest BCUT2D eigenvalue weighted by Crippen LogP contribution is 2.67. The monoisotopic (exact) mass is 414 g/mol. The van der Waals surface area contributed by atoms with E-state index >= 15 is 0 Å². The molecule has 0 N–H and O–H groups in total. The third-order valence-corrected chi connectivity index (χ3v) is 9.75. The smallest absolute Gasteiger partial charge is 0.302 e. The Bertz CT molecular complexity index is 750. The predicted octanol–water partition coefficient (Wildman–Crippen LogP) is 5.43. The Balaban J connectivity index is 1.50. The van der Waals surface area contributed by atoms with E-state index in [9.17, 15) is 4.79 Å². The maximum absolute atomic E-state index is 11.8. The second-order valence-corrected chi connectivity index (χ2v) is 11.1. The second-order valence-electron chi connectivity index (χ2n) is 11.1. The maximum Gasteiger partial charge on any atom is 0.302 e. The number of allylic oxidation sites excluding steroid dienone is 2. The van der Waals surface area contributed by atoms with Crippen molar-refractivity contribution in [3.63, 3.8) is 0 Å². The van der Waals surface area contributed by atoms with Gasteiger partial charge in [-0.2, -0.15) is 0 Å². The highest BCUT2D eigenvalue weighted by molar-refractivity contribution is 5.66. The minimum atomic E-state index is -0.367. The van der Waals surface area contributed by atoms with Gasteiger partial charge in [0.05, 0.1) is 13.2 Å². The van der Waals surface area contributed by atoms with Crippen molar-refractivity contribution in [2.24, 2.45) is 34.5 Å². The summed E-state index contributed by atoms with van der Waals surface area (Å²) in [5, 5.41) is 0. The molecule has 5 aliphatic rings. The van der Waals surface area contributed by atoms with Gasteiger partial charge in [0.2, 0.25) is 0 Å². The third-order valence-electron chi connectivity index (χ3n) is 9.75. The summed E-state index contributed by atoms with van der Waals surface area (Å²) >= 11 is 0. The third kappa shape index (κ3) is 2.97. The van der Waals surface area contributed by atoms with Gasteiger partial charge in [-0.05, 0) is 67.6 Å². The summed E-state index contributed by atoms with van der Waals surface area (Å²) in [7, 11) is 0. The largest absolute Gasteiger partial charge is 0.462 e. The number of hydrogen-bond donors (Lipinski definition) is 0. The first-order valence-corrected chi connectivity index (χ1v) is 12.1. The van der Waals surface area contributed by atoms with Crippen molar-refractivity contribution in [3.8, 4) is 0 Å². The fourth-order valence-corrected chi connectivity index (χ4v) is 8.28. The molecular formula is C26H38O4. The molecule has 30 heavy (non-hydrogen) atoms. The fourth-order valence-electron chi connectivity index (χ4n) is 8.28. The van der Waals surface area contributed by atoms with Crippen LogP contribution in [0.15, 0.2) is 24.3 Å². The van der Waals surface area contributed by atoms with Crippen LogP contribution in [-0.4, -0.2) is 31.1 Å². The lowest BCUT2D eigenvalue weighted by Crippen LogP contribution is -2.55. The summed E-state index contributed by atoms with van der Waals surface area (Å²) in [6, 6.07) is 0. The average molecular weight is 415 g/mol. The Labute approximate surface area is 181 Å². The topological polar surface area (TPSA) is 44.8 Å². The van der Waals surface area contributed by atoms with Crippen molar-refractivity contribution in [3.05, 3.63) is 24.3 Å². The molecule has 0 unspecified atom stereocenters. The Morgan fingerprint density at radius 2 is 1.93 bits per heavy atom. The van der Waals surface area contributed by atoms with E-state index in [0.29, 0.717) is 23.7 Å². The molecule has 0 aromatic heterocycles. The van der Waals surface area contributed by atoms with Crippen LogP contribution < -0.4 is 0 Å². The molecule has 166 valence electrons. The van der Waals surface area contributed by atoms with E-state index in [4.69, 9.17) is 14.2 Å². The Hall–Kier alpha value is -1.13. The SMILES string of the molecule is C=CC[C@H]1C=C2CC3(CC[C@]2(C)[C@H]2CC[C@]4(C)[C@@H](OC(C)=O)CC[C@H]4[C@H]12)OCCO3. The lowest BCUT2D eigenvalue weighted by Gasteiger charge is -2.60. The van der Waals surface area contributed by atoms with Gasteiger partial charge in [0.15, 0.2) is 5.79 Å². The molecule has 4 heteroatoms. The summed E-state index contributed by atoms with van der Waals surface area (Å²) in [4.78, 5) is 11.8. The Morgan fingerprint density at radius 3 is 2.63 bits per heavy atom. The highest BCUT2D eigenvalue weighted by atomic mass is 16.7. The molecule has 1 heterocycles. The molecule has 7 atom stereocenters. The zero-order valence-electron chi connectivity index (χ0n) is 19.0. The molecule has 4 nitrogen and oxygen atoms in total. The standard InChI is InChI=1S/C26H38O4/c1-5-6-18-15-19-16-26(28-13-14-29-26)12-11-24(19,3)21-9-10-25(4)20(23(18)21)7-8-22(25)30-17(2)27/h5,15,18,20-23H,1,6-14,16H2,2-4H3/t18-,20-,21-,22-,23-,24-,25-/m0/s1. The molecule has 4 fully saturated rings. The van der Waals surface area contributed by atoms with Crippen molar-refractivity contribution < 1.29 is 19.0 Å². The van der Waals surface area contributed by atoms with Crippen molar-refractivity contribution in [1.29, 1.82) is 0 Å². The molecule has 4 aliphatic carbocycles. The maximum atomic E-state index is 11.8. The number of ether oxygens (including phenoxy) is 3. The number of carbonyl (C=O) groups is 1. The average Bonchev–Trinajstić information content (AvgIpc) is 3.28. The molecule has 0 aromatic rings. The molecule has 0 aromatic carbocycles. The van der Waals surface area contributed by atoms with Crippen LogP contribution in [0, 0.1) is 34.5 Å². The van der Waals surface area contributed by atoms with E-state index in [1.165, 1.54) is 19.3 Å². The van der Waals surface area contributed by atoms with Crippen LogP contribution >= 0.6 is 0 Å². The lowest BCUT2D eigenvalue weighted by molar-refractivity contribution is -0.188. The van der Waals surface area contributed by atoms with E-state index in [2.05, 4.69) is 32.6 Å². The molecule has 0 amide bonds. The number of esters is 1. The van der Waals surface area contributed by atoms with Crippen molar-refractivity contribution in [2.75, 3.05) is 13.2 Å². The van der Waals surface area contributed by atoms with Crippen LogP contribution in [0.5, 0.6) is 0 Å². The second kappa shape index (κ2) is 7.20. The number of rotatable bonds is 3. The molecule has 0 radical (unpaired) electrons. The molecule has 0 bridgehead atoms. The van der Waals surface area contributed by atoms with Gasteiger partial charge in [0.1, 0.15) is 6.10 Å². The van der Waals surface area contributed by atoms with Gasteiger partial charge in [-0.3, -0.25) is 4.79 Å². The van der Waals surface area contributed by atoms with Crippen LogP contribution in [-0.2, 0) is 19.0 Å². The summed E-state index contributed by atoms with van der Waals surface area (Å²) in [6.07, 6.45) is 13.5. The van der Waals surface area contributed by atoms with Crippen LogP contribution in [0.4, 0.5) is 0 Å². The minimum absolute atomic E-state index is 0.0819. The zero-order valence-corrected chi connectivity index (χ0v) is 19.0. The van der Waals surface area contributed by atoms with Crippen LogP contribution in [0.1, 0.15) is 72.1 Å². The van der Waals surface area contributed by atoms with E-state index in [0.717, 1.165) is 45.3 Å². The van der Waals surface area contributed by atoms with E-state index in [1.54, 1.807) is 12.5 Å². The van der Waals surface area contributed by atoms with Gasteiger partial charge in [0.25, 0.3) is 0 Å². The van der Waals surface area contributed by atoms with Gasteiger partial charge >= 0.3 is 5.97 Å². The first-order valence-electron chi connectivity index (χ1n) is 12.1. The minimum Gasteiger partial charge on any atom is -0.462 e. The van der Waals surface area contributed by atoms with Gasteiger partial charge in [-0.1, -0.05) is 31.6 Å². The van der Waals surface area contributed by atoms with Crippen LogP contribution in [0.25, 0.3) is 0 Å².